The largest absolute Gasteiger partial charge is 0.370 e. The highest BCUT2D eigenvalue weighted by atomic mass is 16.2. The van der Waals surface area contributed by atoms with E-state index in [9.17, 15) is 33.6 Å². The number of carbonyl (C=O) groups is 6. The molecule has 1 unspecified atom stereocenters. The molecule has 1 atom stereocenters. The van der Waals surface area contributed by atoms with Crippen LogP contribution >= 0.6 is 0 Å². The van der Waals surface area contributed by atoms with E-state index < -0.39 is 29.7 Å². The maximum absolute atomic E-state index is 13.6. The highest BCUT2D eigenvalue weighted by molar-refractivity contribution is 6.23. The fourth-order valence-electron chi connectivity index (χ4n) is 9.34. The summed E-state index contributed by atoms with van der Waals surface area (Å²) < 4.78 is 1.69. The normalized spacial score (nSPS) is 20.4. The van der Waals surface area contributed by atoms with E-state index in [0.29, 0.717) is 54.5 Å². The van der Waals surface area contributed by atoms with E-state index in [1.165, 1.54) is 6.92 Å². The number of aryl methyl sites for hydroxylation is 1. The second-order valence-corrected chi connectivity index (χ2v) is 16.1. The van der Waals surface area contributed by atoms with Gasteiger partial charge in [0.1, 0.15) is 17.5 Å². The number of rotatable bonds is 8. The van der Waals surface area contributed by atoms with Gasteiger partial charge >= 0.3 is 0 Å². The number of anilines is 3. The van der Waals surface area contributed by atoms with Gasteiger partial charge in [-0.3, -0.25) is 48.3 Å². The molecule has 5 amide bonds. The highest BCUT2D eigenvalue weighted by Gasteiger charge is 2.45. The van der Waals surface area contributed by atoms with Crippen LogP contribution in [0.2, 0.25) is 0 Å². The molecule has 2 N–H and O–H groups in total. The molecule has 5 aliphatic rings. The molecule has 16 nitrogen and oxygen atoms in total. The zero-order valence-corrected chi connectivity index (χ0v) is 32.3. The van der Waals surface area contributed by atoms with Crippen LogP contribution in [0.25, 0.3) is 11.0 Å². The van der Waals surface area contributed by atoms with Crippen molar-refractivity contribution in [3.8, 4) is 0 Å². The minimum absolute atomic E-state index is 0.0143. The number of Topliss-reactive ketones (excluding diaryl/α,β-unsaturated/α-hetero) is 1. The Morgan fingerprint density at radius 3 is 2.29 bits per heavy atom. The number of pyridine rings is 2. The second-order valence-electron chi connectivity index (χ2n) is 16.1. The van der Waals surface area contributed by atoms with Gasteiger partial charge in [-0.15, -0.1) is 0 Å². The van der Waals surface area contributed by atoms with Gasteiger partial charge < -0.3 is 15.1 Å². The number of likely N-dealkylation sites (tertiary alicyclic amines) is 1. The second kappa shape index (κ2) is 14.6. The van der Waals surface area contributed by atoms with E-state index in [1.807, 2.05) is 28.1 Å². The van der Waals surface area contributed by atoms with E-state index in [4.69, 9.17) is 4.98 Å². The number of hydrogen-bond acceptors (Lipinski definition) is 12. The predicted octanol–water partition coefficient (Wildman–Crippen LogP) is 3.80. The SMILES string of the molecule is CC(=O)c1c(C)c2cnc(Nc3ccc(C4CCN(C(=O)C5CN(c6ccc7c(c6)C(=O)N(C6CCC(=O)NC6=O)C7=O)C5)CC4)cn3)nc2n(C2CCCC2)c1=O. The molecule has 298 valence electrons. The Balaban J connectivity index is 0.798. The molecule has 4 aromatic rings. The predicted molar refractivity (Wildman–Crippen MR) is 211 cm³/mol. The van der Waals surface area contributed by atoms with Crippen LogP contribution in [0.3, 0.4) is 0 Å². The Kier molecular flexibility index (Phi) is 9.36. The molecule has 4 aliphatic heterocycles. The first kappa shape index (κ1) is 37.3. The number of ketones is 1. The van der Waals surface area contributed by atoms with Crippen LogP contribution in [0.4, 0.5) is 17.5 Å². The Morgan fingerprint density at radius 1 is 0.862 bits per heavy atom. The number of nitrogens with one attached hydrogen (secondary N) is 2. The van der Waals surface area contributed by atoms with E-state index >= 15 is 0 Å². The molecule has 9 rings (SSSR count). The van der Waals surface area contributed by atoms with Crippen molar-refractivity contribution in [1.29, 1.82) is 0 Å². The molecule has 16 heteroatoms. The number of hydrogen-bond donors (Lipinski definition) is 2. The van der Waals surface area contributed by atoms with E-state index in [1.54, 1.807) is 35.9 Å². The summed E-state index contributed by atoms with van der Waals surface area (Å²) in [7, 11) is 0. The quantitative estimate of drug-likeness (QED) is 0.194. The lowest BCUT2D eigenvalue weighted by molar-refractivity contribution is -0.138. The van der Waals surface area contributed by atoms with Gasteiger partial charge in [0.05, 0.1) is 22.6 Å². The van der Waals surface area contributed by atoms with E-state index in [2.05, 4.69) is 20.6 Å². The van der Waals surface area contributed by atoms with E-state index in [0.717, 1.165) is 54.7 Å². The third-order valence-corrected chi connectivity index (χ3v) is 12.6. The minimum atomic E-state index is -1.02. The van der Waals surface area contributed by atoms with Crippen molar-refractivity contribution in [3.63, 3.8) is 0 Å². The lowest BCUT2D eigenvalue weighted by atomic mass is 9.89. The fourth-order valence-corrected chi connectivity index (χ4v) is 9.34. The third kappa shape index (κ3) is 6.40. The molecule has 1 aromatic carbocycles. The van der Waals surface area contributed by atoms with Crippen molar-refractivity contribution < 1.29 is 28.8 Å². The molecular weight excluding hydrogens is 743 g/mol. The first-order chi connectivity index (χ1) is 28.0. The maximum atomic E-state index is 13.6. The summed E-state index contributed by atoms with van der Waals surface area (Å²) in [6.07, 6.45) is 9.02. The van der Waals surface area contributed by atoms with Crippen LogP contribution < -0.4 is 21.1 Å². The Bertz CT molecular complexity index is 2480. The van der Waals surface area contributed by atoms with Crippen LogP contribution in [0.15, 0.2) is 47.5 Å². The average Bonchev–Trinajstić information content (AvgIpc) is 3.80. The third-order valence-electron chi connectivity index (χ3n) is 12.6. The van der Waals surface area contributed by atoms with Crippen molar-refractivity contribution >= 4 is 63.8 Å². The fraction of sp³-hybridized carbons (Fsp3) is 0.429. The van der Waals surface area contributed by atoms with Gasteiger partial charge in [-0.2, -0.15) is 4.98 Å². The molecule has 0 spiro atoms. The Labute approximate surface area is 333 Å². The topological polar surface area (TPSA) is 197 Å². The Morgan fingerprint density at radius 2 is 1.60 bits per heavy atom. The summed E-state index contributed by atoms with van der Waals surface area (Å²) in [5.74, 6) is -1.40. The van der Waals surface area contributed by atoms with Gasteiger partial charge in [0.25, 0.3) is 17.4 Å². The van der Waals surface area contributed by atoms with Crippen LogP contribution in [0.1, 0.15) is 112 Å². The molecule has 0 radical (unpaired) electrons. The lowest BCUT2D eigenvalue weighted by Gasteiger charge is -2.43. The molecule has 7 heterocycles. The smallest absolute Gasteiger partial charge is 0.263 e. The van der Waals surface area contributed by atoms with Gasteiger partial charge in [0, 0.05) is 62.1 Å². The van der Waals surface area contributed by atoms with E-state index in [-0.39, 0.29) is 64.7 Å². The molecule has 1 aliphatic carbocycles. The van der Waals surface area contributed by atoms with Crippen molar-refractivity contribution in [2.24, 2.45) is 5.92 Å². The van der Waals surface area contributed by atoms with Crippen molar-refractivity contribution in [2.45, 2.75) is 83.2 Å². The van der Waals surface area contributed by atoms with Gasteiger partial charge in [-0.05, 0) is 87.3 Å². The van der Waals surface area contributed by atoms with Gasteiger partial charge in [-0.1, -0.05) is 18.9 Å². The number of imide groups is 2. The van der Waals surface area contributed by atoms with Gasteiger partial charge in [-0.25, -0.2) is 9.97 Å². The summed E-state index contributed by atoms with van der Waals surface area (Å²) >= 11 is 0. The number of benzene rings is 1. The number of piperidine rings is 2. The maximum Gasteiger partial charge on any atom is 0.263 e. The molecule has 58 heavy (non-hydrogen) atoms. The molecule has 0 bridgehead atoms. The van der Waals surface area contributed by atoms with Gasteiger partial charge in [0.15, 0.2) is 5.78 Å². The molecule has 1 saturated carbocycles. The number of amides is 5. The molecule has 4 fully saturated rings. The molecule has 3 aromatic heterocycles. The van der Waals surface area contributed by atoms with Crippen molar-refractivity contribution in [1.82, 2.24) is 34.6 Å². The summed E-state index contributed by atoms with van der Waals surface area (Å²) in [5.41, 5.74) is 3.26. The summed E-state index contributed by atoms with van der Waals surface area (Å²) in [6.45, 7) is 5.44. The van der Waals surface area contributed by atoms with Crippen LogP contribution in [-0.2, 0) is 14.4 Å². The number of aromatic nitrogens is 4. The molecular formula is C42H43N9O7. The van der Waals surface area contributed by atoms with Gasteiger partial charge in [0.2, 0.25) is 23.7 Å². The highest BCUT2D eigenvalue weighted by Crippen LogP contribution is 2.36. The van der Waals surface area contributed by atoms with Crippen molar-refractivity contribution in [2.75, 3.05) is 36.4 Å². The summed E-state index contributed by atoms with van der Waals surface area (Å²) in [4.78, 5) is 109. The monoisotopic (exact) mass is 785 g/mol. The molecule has 3 saturated heterocycles. The van der Waals surface area contributed by atoms with Crippen LogP contribution in [-0.4, -0.2) is 96.9 Å². The lowest BCUT2D eigenvalue weighted by Crippen LogP contribution is -2.55. The summed E-state index contributed by atoms with van der Waals surface area (Å²) in [6, 6.07) is 7.88. The first-order valence-electron chi connectivity index (χ1n) is 20.0. The first-order valence-corrected chi connectivity index (χ1v) is 20.0. The standard InChI is InChI=1S/C42H43N9O7/c1-22-31-19-44-42(47-36(31)50(27-5-3-4-6-27)41(58)35(22)23(2)52)45-33-11-7-25(18-43-33)24-13-15-48(16-14-24)38(55)26-20-49(21-26)28-8-9-29-30(17-28)40(57)51(39(29)56)32-10-12-34(53)46-37(32)54/h7-9,11,17-19,24,26-27,32H,3-6,10,12-16,20-21H2,1-2H3,(H,46,53,54)(H,43,44,45,47). The van der Waals surface area contributed by atoms with Crippen molar-refractivity contribution in [3.05, 3.63) is 80.9 Å². The van der Waals surface area contributed by atoms with Crippen LogP contribution in [0.5, 0.6) is 0 Å². The number of carbonyl (C=O) groups excluding carboxylic acids is 6. The summed E-state index contributed by atoms with van der Waals surface area (Å²) in [5, 5.41) is 6.08. The zero-order chi connectivity index (χ0) is 40.4. The average molecular weight is 786 g/mol. The number of nitrogens with zero attached hydrogens (tertiary/aromatic N) is 7. The minimum Gasteiger partial charge on any atom is -0.370 e. The number of fused-ring (bicyclic) bond motifs is 2. The Hall–Kier alpha value is -6.32. The van der Waals surface area contributed by atoms with Crippen LogP contribution in [0, 0.1) is 12.8 Å². The zero-order valence-electron chi connectivity index (χ0n) is 32.3.